The van der Waals surface area contributed by atoms with Crippen LogP contribution < -0.4 is 19.1 Å². The van der Waals surface area contributed by atoms with Crippen molar-refractivity contribution in [3.05, 3.63) is 53.6 Å². The highest BCUT2D eigenvalue weighted by atomic mass is 32.2. The third kappa shape index (κ3) is 4.75. The summed E-state index contributed by atoms with van der Waals surface area (Å²) in [7, 11) is -3.61. The predicted molar refractivity (Wildman–Crippen MR) is 107 cm³/mol. The zero-order valence-corrected chi connectivity index (χ0v) is 17.0. The lowest BCUT2D eigenvalue weighted by Crippen LogP contribution is -2.45. The van der Waals surface area contributed by atoms with E-state index in [2.05, 4.69) is 5.32 Å². The molecule has 3 rings (SSSR count). The van der Waals surface area contributed by atoms with Gasteiger partial charge in [-0.1, -0.05) is 29.8 Å². The van der Waals surface area contributed by atoms with E-state index < -0.39 is 15.9 Å². The molecule has 1 aliphatic heterocycles. The van der Waals surface area contributed by atoms with Gasteiger partial charge in [-0.15, -0.1) is 0 Å². The van der Waals surface area contributed by atoms with Crippen molar-refractivity contribution < 1.29 is 22.7 Å². The van der Waals surface area contributed by atoms with Crippen LogP contribution in [0.15, 0.2) is 42.5 Å². The first-order valence-corrected chi connectivity index (χ1v) is 10.8. The zero-order chi connectivity index (χ0) is 20.3. The van der Waals surface area contributed by atoms with Crippen molar-refractivity contribution in [2.24, 2.45) is 0 Å². The molecule has 0 unspecified atom stereocenters. The van der Waals surface area contributed by atoms with Gasteiger partial charge in [0.15, 0.2) is 11.5 Å². The molecule has 0 spiro atoms. The highest BCUT2D eigenvalue weighted by Crippen LogP contribution is 2.30. The molecule has 0 saturated heterocycles. The van der Waals surface area contributed by atoms with Crippen molar-refractivity contribution in [2.45, 2.75) is 20.0 Å². The number of hydrogen-bond donors (Lipinski definition) is 1. The van der Waals surface area contributed by atoms with Gasteiger partial charge in [-0.25, -0.2) is 8.42 Å². The number of fused-ring (bicyclic) bond motifs is 1. The molecule has 1 heterocycles. The largest absolute Gasteiger partial charge is 0.486 e. The number of amides is 1. The number of ether oxygens (including phenoxy) is 2. The summed E-state index contributed by atoms with van der Waals surface area (Å²) in [6, 6.07) is 12.7. The topological polar surface area (TPSA) is 84.9 Å². The summed E-state index contributed by atoms with van der Waals surface area (Å²) in [6.45, 7) is 3.98. The van der Waals surface area contributed by atoms with Crippen LogP contribution in [0.3, 0.4) is 0 Å². The quantitative estimate of drug-likeness (QED) is 0.796. The fourth-order valence-corrected chi connectivity index (χ4v) is 3.96. The molecular formula is C20H24N2O5S. The summed E-state index contributed by atoms with van der Waals surface area (Å²) >= 11 is 0. The van der Waals surface area contributed by atoms with E-state index in [-0.39, 0.29) is 19.2 Å². The number of sulfonamides is 1. The van der Waals surface area contributed by atoms with E-state index >= 15 is 0 Å². The number of carbonyl (C=O) groups is 1. The van der Waals surface area contributed by atoms with Gasteiger partial charge in [-0.3, -0.25) is 9.10 Å². The molecule has 2 aromatic rings. The Labute approximate surface area is 165 Å². The van der Waals surface area contributed by atoms with Crippen molar-refractivity contribution >= 4 is 21.6 Å². The Kier molecular flexibility index (Phi) is 5.79. The van der Waals surface area contributed by atoms with Gasteiger partial charge in [0.05, 0.1) is 18.5 Å². The molecule has 0 bridgehead atoms. The maximum atomic E-state index is 12.4. The number of anilines is 1. The number of benzene rings is 2. The number of nitrogens with one attached hydrogen (secondary N) is 1. The molecule has 1 atom stereocenters. The lowest BCUT2D eigenvalue weighted by molar-refractivity contribution is -0.120. The third-order valence-electron chi connectivity index (χ3n) is 4.40. The van der Waals surface area contributed by atoms with Gasteiger partial charge in [0.25, 0.3) is 0 Å². The average molecular weight is 404 g/mol. The maximum absolute atomic E-state index is 12.4. The van der Waals surface area contributed by atoms with Crippen molar-refractivity contribution in [3.8, 4) is 11.5 Å². The minimum Gasteiger partial charge on any atom is -0.486 e. The Morgan fingerprint density at radius 1 is 1.18 bits per heavy atom. The molecule has 150 valence electrons. The highest BCUT2D eigenvalue weighted by molar-refractivity contribution is 7.92. The second kappa shape index (κ2) is 8.10. The van der Waals surface area contributed by atoms with E-state index in [4.69, 9.17) is 9.47 Å². The molecule has 2 aromatic carbocycles. The van der Waals surface area contributed by atoms with Crippen LogP contribution in [-0.4, -0.2) is 46.4 Å². The molecule has 7 nitrogen and oxygen atoms in total. The van der Waals surface area contributed by atoms with E-state index in [1.54, 1.807) is 12.1 Å². The molecule has 8 heteroatoms. The fraction of sp³-hybridized carbons (Fsp3) is 0.350. The van der Waals surface area contributed by atoms with Crippen LogP contribution in [0.5, 0.6) is 11.5 Å². The van der Waals surface area contributed by atoms with Crippen LogP contribution in [0.1, 0.15) is 11.1 Å². The van der Waals surface area contributed by atoms with Crippen LogP contribution in [-0.2, 0) is 14.8 Å². The van der Waals surface area contributed by atoms with E-state index in [1.165, 1.54) is 0 Å². The number of nitrogens with zero attached hydrogens (tertiary/aromatic N) is 1. The highest BCUT2D eigenvalue weighted by Gasteiger charge is 2.24. The van der Waals surface area contributed by atoms with Gasteiger partial charge in [-0.05, 0) is 37.6 Å². The minimum absolute atomic E-state index is 0.220. The Balaban J connectivity index is 1.63. The van der Waals surface area contributed by atoms with Crippen LogP contribution in [0.4, 0.5) is 5.69 Å². The van der Waals surface area contributed by atoms with Gasteiger partial charge < -0.3 is 14.8 Å². The molecule has 1 amide bonds. The molecule has 0 aliphatic carbocycles. The van der Waals surface area contributed by atoms with Crippen LogP contribution in [0.2, 0.25) is 0 Å². The molecule has 0 aromatic heterocycles. The minimum atomic E-state index is -3.61. The van der Waals surface area contributed by atoms with Gasteiger partial charge >= 0.3 is 0 Å². The molecule has 1 aliphatic rings. The number of carbonyl (C=O) groups excluding carboxylic acids is 1. The maximum Gasteiger partial charge on any atom is 0.240 e. The molecule has 1 N–H and O–H groups in total. The van der Waals surface area contributed by atoms with Crippen molar-refractivity contribution in [2.75, 3.05) is 30.3 Å². The lowest BCUT2D eigenvalue weighted by Gasteiger charge is -2.27. The van der Waals surface area contributed by atoms with Crippen molar-refractivity contribution in [1.82, 2.24) is 5.32 Å². The normalized spacial score (nSPS) is 15.8. The summed E-state index contributed by atoms with van der Waals surface area (Å²) < 4.78 is 37.0. The second-order valence-corrected chi connectivity index (χ2v) is 8.77. The first-order chi connectivity index (χ1) is 13.2. The third-order valence-corrected chi connectivity index (χ3v) is 5.53. The molecular weight excluding hydrogens is 380 g/mol. The number of aryl methyl sites for hydroxylation is 2. The summed E-state index contributed by atoms with van der Waals surface area (Å²) in [5.74, 6) is 0.886. The first-order valence-electron chi connectivity index (χ1n) is 8.94. The predicted octanol–water partition coefficient (Wildman–Crippen LogP) is 2.03. The van der Waals surface area contributed by atoms with Crippen LogP contribution in [0, 0.1) is 13.8 Å². The zero-order valence-electron chi connectivity index (χ0n) is 16.1. The monoisotopic (exact) mass is 404 g/mol. The summed E-state index contributed by atoms with van der Waals surface area (Å²) in [6.07, 6.45) is 0.751. The Morgan fingerprint density at radius 2 is 1.89 bits per heavy atom. The van der Waals surface area contributed by atoms with Gasteiger partial charge in [0, 0.05) is 0 Å². The van der Waals surface area contributed by atoms with E-state index in [0.717, 1.165) is 21.7 Å². The first kappa shape index (κ1) is 20.0. The van der Waals surface area contributed by atoms with Gasteiger partial charge in [0.2, 0.25) is 15.9 Å². The number of para-hydroxylation sites is 2. The van der Waals surface area contributed by atoms with Crippen LogP contribution >= 0.6 is 0 Å². The van der Waals surface area contributed by atoms with E-state index in [0.29, 0.717) is 23.8 Å². The Hall–Kier alpha value is -2.74. The van der Waals surface area contributed by atoms with Crippen LogP contribution in [0.25, 0.3) is 0 Å². The lowest BCUT2D eigenvalue weighted by atomic mass is 10.1. The summed E-state index contributed by atoms with van der Waals surface area (Å²) in [5.41, 5.74) is 2.31. The Morgan fingerprint density at radius 3 is 2.57 bits per heavy atom. The molecule has 0 fully saturated rings. The molecule has 0 saturated carbocycles. The van der Waals surface area contributed by atoms with E-state index in [9.17, 15) is 13.2 Å². The molecule has 28 heavy (non-hydrogen) atoms. The average Bonchev–Trinajstić information content (AvgIpc) is 2.64. The van der Waals surface area contributed by atoms with Gasteiger partial charge in [-0.2, -0.15) is 0 Å². The standard InChI is InChI=1S/C20H24N2O5S/c1-14-8-9-17(15(2)10-14)22(28(3,24)25)12-20(23)21-11-16-13-26-18-6-4-5-7-19(18)27-16/h4-10,16H,11-13H2,1-3H3,(H,21,23)/t16-/m1/s1. The number of hydrogen-bond acceptors (Lipinski definition) is 5. The van der Waals surface area contributed by atoms with Gasteiger partial charge in [0.1, 0.15) is 19.3 Å². The van der Waals surface area contributed by atoms with E-state index in [1.807, 2.05) is 44.2 Å². The fourth-order valence-electron chi connectivity index (χ4n) is 3.04. The second-order valence-electron chi connectivity index (χ2n) is 6.86. The van der Waals surface area contributed by atoms with Crippen molar-refractivity contribution in [1.29, 1.82) is 0 Å². The summed E-state index contributed by atoms with van der Waals surface area (Å²) in [5, 5.41) is 2.74. The Bertz CT molecular complexity index is 974. The SMILES string of the molecule is Cc1ccc(N(CC(=O)NC[C@@H]2COc3ccccc3O2)S(C)(=O)=O)c(C)c1. The summed E-state index contributed by atoms with van der Waals surface area (Å²) in [4.78, 5) is 12.4. The number of rotatable bonds is 6. The molecule has 0 radical (unpaired) electrons. The smallest absolute Gasteiger partial charge is 0.240 e. The van der Waals surface area contributed by atoms with Crippen molar-refractivity contribution in [3.63, 3.8) is 0 Å².